The summed E-state index contributed by atoms with van der Waals surface area (Å²) in [5.74, 6) is 1.89. The smallest absolute Gasteiger partial charge is 0.223 e. The predicted molar refractivity (Wildman–Crippen MR) is 71.8 cm³/mol. The number of imidazole rings is 1. The van der Waals surface area contributed by atoms with E-state index in [2.05, 4.69) is 15.1 Å². The number of methoxy groups -OCH3 is 1. The summed E-state index contributed by atoms with van der Waals surface area (Å²) in [6.45, 7) is 2.22. The Balaban J connectivity index is 2.13. The first-order valence-corrected chi connectivity index (χ1v) is 6.14. The highest BCUT2D eigenvalue weighted by Crippen LogP contribution is 2.24. The van der Waals surface area contributed by atoms with Crippen LogP contribution in [0.3, 0.4) is 0 Å². The van der Waals surface area contributed by atoms with E-state index in [-0.39, 0.29) is 0 Å². The number of rotatable bonds is 3. The first-order chi connectivity index (χ1) is 9.19. The standard InChI is InChI=1S/C12H12N4O2S/c1-7-13-10(15-18-7)6-16-8-4-3-5-9(17-2)11(8)14-12(16)19/h3-5H,6H2,1-2H3,(H,14,19). The number of fused-ring (bicyclic) bond motifs is 1. The Morgan fingerprint density at radius 2 is 2.32 bits per heavy atom. The molecule has 0 atom stereocenters. The fraction of sp³-hybridized carbons (Fsp3) is 0.250. The molecule has 0 bridgehead atoms. The third-order valence-electron chi connectivity index (χ3n) is 2.86. The predicted octanol–water partition coefficient (Wildman–Crippen LogP) is 2.45. The topological polar surface area (TPSA) is 68.9 Å². The number of aromatic nitrogens is 4. The highest BCUT2D eigenvalue weighted by atomic mass is 32.1. The second-order valence-electron chi connectivity index (χ2n) is 4.10. The number of aryl methyl sites for hydroxylation is 1. The Kier molecular flexibility index (Phi) is 2.83. The molecule has 0 saturated heterocycles. The summed E-state index contributed by atoms with van der Waals surface area (Å²) in [6, 6.07) is 5.77. The molecule has 1 aromatic carbocycles. The fourth-order valence-corrected chi connectivity index (χ4v) is 2.29. The van der Waals surface area contributed by atoms with Crippen LogP contribution in [-0.4, -0.2) is 26.8 Å². The summed E-state index contributed by atoms with van der Waals surface area (Å²) in [4.78, 5) is 7.33. The summed E-state index contributed by atoms with van der Waals surface area (Å²) in [5.41, 5.74) is 1.82. The van der Waals surface area contributed by atoms with Gasteiger partial charge in [0.25, 0.3) is 0 Å². The molecule has 6 nitrogen and oxygen atoms in total. The lowest BCUT2D eigenvalue weighted by atomic mass is 10.3. The van der Waals surface area contributed by atoms with Gasteiger partial charge in [-0.25, -0.2) is 0 Å². The molecule has 0 aliphatic carbocycles. The van der Waals surface area contributed by atoms with E-state index in [1.807, 2.05) is 22.8 Å². The van der Waals surface area contributed by atoms with Crippen molar-refractivity contribution in [3.05, 3.63) is 34.7 Å². The molecule has 0 unspecified atom stereocenters. The Labute approximate surface area is 114 Å². The minimum Gasteiger partial charge on any atom is -0.494 e. The van der Waals surface area contributed by atoms with Gasteiger partial charge in [0.2, 0.25) is 5.89 Å². The van der Waals surface area contributed by atoms with Crippen LogP contribution in [0.2, 0.25) is 0 Å². The third kappa shape index (κ3) is 2.01. The van der Waals surface area contributed by atoms with Crippen LogP contribution < -0.4 is 4.74 Å². The van der Waals surface area contributed by atoms with Crippen molar-refractivity contribution in [2.75, 3.05) is 7.11 Å². The van der Waals surface area contributed by atoms with Crippen LogP contribution in [0.1, 0.15) is 11.7 Å². The molecule has 3 aromatic rings. The lowest BCUT2D eigenvalue weighted by Crippen LogP contribution is -2.01. The van der Waals surface area contributed by atoms with E-state index in [9.17, 15) is 0 Å². The Morgan fingerprint density at radius 1 is 1.47 bits per heavy atom. The number of H-pyrrole nitrogens is 1. The van der Waals surface area contributed by atoms with Crippen LogP contribution in [0.15, 0.2) is 22.7 Å². The highest BCUT2D eigenvalue weighted by molar-refractivity contribution is 7.71. The van der Waals surface area contributed by atoms with E-state index in [0.29, 0.717) is 23.0 Å². The average molecular weight is 276 g/mol. The number of aromatic amines is 1. The Bertz CT molecular complexity index is 786. The molecule has 0 radical (unpaired) electrons. The number of hydrogen-bond donors (Lipinski definition) is 1. The van der Waals surface area contributed by atoms with Crippen molar-refractivity contribution < 1.29 is 9.26 Å². The monoisotopic (exact) mass is 276 g/mol. The van der Waals surface area contributed by atoms with Crippen molar-refractivity contribution in [3.8, 4) is 5.75 Å². The third-order valence-corrected chi connectivity index (χ3v) is 3.18. The highest BCUT2D eigenvalue weighted by Gasteiger charge is 2.11. The van der Waals surface area contributed by atoms with Crippen molar-refractivity contribution >= 4 is 23.3 Å². The van der Waals surface area contributed by atoms with Crippen molar-refractivity contribution in [1.29, 1.82) is 0 Å². The second kappa shape index (κ2) is 4.51. The summed E-state index contributed by atoms with van der Waals surface area (Å²) in [7, 11) is 1.63. The van der Waals surface area contributed by atoms with Crippen LogP contribution in [-0.2, 0) is 6.54 Å². The molecular weight excluding hydrogens is 264 g/mol. The molecule has 0 spiro atoms. The largest absolute Gasteiger partial charge is 0.494 e. The van der Waals surface area contributed by atoms with Crippen molar-refractivity contribution in [1.82, 2.24) is 19.7 Å². The summed E-state index contributed by atoms with van der Waals surface area (Å²) >= 11 is 5.33. The quantitative estimate of drug-likeness (QED) is 0.744. The van der Waals surface area contributed by atoms with Gasteiger partial charge in [-0.05, 0) is 24.4 Å². The molecule has 2 aromatic heterocycles. The van der Waals surface area contributed by atoms with Crippen molar-refractivity contribution in [2.24, 2.45) is 0 Å². The zero-order valence-corrected chi connectivity index (χ0v) is 11.3. The zero-order chi connectivity index (χ0) is 13.4. The maximum atomic E-state index is 5.33. The normalized spacial score (nSPS) is 11.1. The minimum absolute atomic E-state index is 0.462. The number of nitrogens with zero attached hydrogens (tertiary/aromatic N) is 3. The van der Waals surface area contributed by atoms with Gasteiger partial charge in [0, 0.05) is 6.92 Å². The van der Waals surface area contributed by atoms with Gasteiger partial charge in [-0.3, -0.25) is 0 Å². The van der Waals surface area contributed by atoms with E-state index < -0.39 is 0 Å². The van der Waals surface area contributed by atoms with Gasteiger partial charge in [0.15, 0.2) is 10.6 Å². The van der Waals surface area contributed by atoms with E-state index >= 15 is 0 Å². The van der Waals surface area contributed by atoms with Gasteiger partial charge in [0.1, 0.15) is 11.3 Å². The van der Waals surface area contributed by atoms with Crippen LogP contribution in [0.25, 0.3) is 11.0 Å². The zero-order valence-electron chi connectivity index (χ0n) is 10.5. The van der Waals surface area contributed by atoms with Crippen LogP contribution in [0, 0.1) is 11.7 Å². The van der Waals surface area contributed by atoms with E-state index in [1.54, 1.807) is 14.0 Å². The molecule has 1 N–H and O–H groups in total. The van der Waals surface area contributed by atoms with Crippen molar-refractivity contribution in [2.45, 2.75) is 13.5 Å². The number of hydrogen-bond acceptors (Lipinski definition) is 5. The molecule has 0 aliphatic heterocycles. The first kappa shape index (κ1) is 11.9. The number of nitrogens with one attached hydrogen (secondary N) is 1. The molecule has 0 amide bonds. The van der Waals surface area contributed by atoms with Gasteiger partial charge < -0.3 is 18.8 Å². The molecule has 0 aliphatic rings. The lowest BCUT2D eigenvalue weighted by molar-refractivity contribution is 0.386. The van der Waals surface area contributed by atoms with Gasteiger partial charge in [-0.2, -0.15) is 4.98 Å². The fourth-order valence-electron chi connectivity index (χ4n) is 2.03. The molecule has 7 heteroatoms. The Morgan fingerprint density at radius 3 is 3.00 bits per heavy atom. The first-order valence-electron chi connectivity index (χ1n) is 5.74. The van der Waals surface area contributed by atoms with Gasteiger partial charge in [-0.15, -0.1) is 0 Å². The molecule has 98 valence electrons. The minimum atomic E-state index is 0.462. The molecule has 0 fully saturated rings. The van der Waals surface area contributed by atoms with E-state index in [0.717, 1.165) is 16.8 Å². The molecule has 2 heterocycles. The maximum Gasteiger partial charge on any atom is 0.223 e. The molecule has 3 rings (SSSR count). The number of benzene rings is 1. The van der Waals surface area contributed by atoms with E-state index in [1.165, 1.54) is 0 Å². The SMILES string of the molecule is COc1cccc2c1[nH]c(=S)n2Cc1noc(C)n1. The van der Waals surface area contributed by atoms with Crippen LogP contribution in [0.4, 0.5) is 0 Å². The maximum absolute atomic E-state index is 5.33. The average Bonchev–Trinajstić information content (AvgIpc) is 2.94. The second-order valence-corrected chi connectivity index (χ2v) is 4.49. The molecule has 19 heavy (non-hydrogen) atoms. The number of ether oxygens (including phenoxy) is 1. The molecular formula is C12H12N4O2S. The van der Waals surface area contributed by atoms with Gasteiger partial charge in [-0.1, -0.05) is 11.2 Å². The summed E-state index contributed by atoms with van der Waals surface area (Å²) in [6.07, 6.45) is 0. The lowest BCUT2D eigenvalue weighted by Gasteiger charge is -2.02. The molecule has 0 saturated carbocycles. The van der Waals surface area contributed by atoms with Gasteiger partial charge in [0.05, 0.1) is 19.2 Å². The number of para-hydroxylation sites is 1. The van der Waals surface area contributed by atoms with Crippen LogP contribution >= 0.6 is 12.2 Å². The van der Waals surface area contributed by atoms with E-state index in [4.69, 9.17) is 21.5 Å². The van der Waals surface area contributed by atoms with Crippen molar-refractivity contribution in [3.63, 3.8) is 0 Å². The summed E-state index contributed by atoms with van der Waals surface area (Å²) in [5, 5.41) is 3.88. The van der Waals surface area contributed by atoms with Gasteiger partial charge >= 0.3 is 0 Å². The van der Waals surface area contributed by atoms with Crippen LogP contribution in [0.5, 0.6) is 5.75 Å². The Hall–Kier alpha value is -2.15. The summed E-state index contributed by atoms with van der Waals surface area (Å²) < 4.78 is 12.8.